The highest BCUT2D eigenvalue weighted by atomic mass is 19.4. The molecule has 2 rings (SSSR count). The van der Waals surface area contributed by atoms with Crippen LogP contribution in [-0.4, -0.2) is 6.18 Å². The zero-order valence-electron chi connectivity index (χ0n) is 22.1. The summed E-state index contributed by atoms with van der Waals surface area (Å²) in [4.78, 5) is 0. The summed E-state index contributed by atoms with van der Waals surface area (Å²) in [6, 6.07) is 15.9. The highest BCUT2D eigenvalue weighted by molar-refractivity contribution is 5.35. The fourth-order valence-corrected chi connectivity index (χ4v) is 4.79. The van der Waals surface area contributed by atoms with Crippen molar-refractivity contribution in [1.29, 1.82) is 0 Å². The molecule has 0 N–H and O–H groups in total. The van der Waals surface area contributed by atoms with Crippen molar-refractivity contribution in [3.63, 3.8) is 0 Å². The van der Waals surface area contributed by atoms with E-state index >= 15 is 0 Å². The average molecular weight is 461 g/mol. The van der Waals surface area contributed by atoms with Gasteiger partial charge in [0.2, 0.25) is 0 Å². The van der Waals surface area contributed by atoms with Crippen LogP contribution in [0.3, 0.4) is 0 Å². The highest BCUT2D eigenvalue weighted by Gasteiger charge is 2.51. The first-order chi connectivity index (χ1) is 14.9. The van der Waals surface area contributed by atoms with Gasteiger partial charge in [-0.3, -0.25) is 0 Å². The maximum absolute atomic E-state index is 14.5. The Hall–Kier alpha value is -1.77. The standard InChI is InChI=1S/C30H43F3/c1-26(2,3)20-22-14-11-13-17-25(22)28(7,8)18-19-29(9,30(31,32)33)21-23-15-10-12-16-24(23)27(4,5)6/h10-17H,18-21H2,1-9H3. The fraction of sp³-hybridized carbons (Fsp3) is 0.600. The molecule has 0 aliphatic heterocycles. The second kappa shape index (κ2) is 9.47. The predicted octanol–water partition coefficient (Wildman–Crippen LogP) is 9.44. The number of rotatable bonds is 7. The molecule has 2 aromatic rings. The van der Waals surface area contributed by atoms with Gasteiger partial charge in [0.15, 0.2) is 0 Å². The van der Waals surface area contributed by atoms with Gasteiger partial charge >= 0.3 is 6.18 Å². The zero-order valence-corrected chi connectivity index (χ0v) is 22.1. The van der Waals surface area contributed by atoms with Crippen molar-refractivity contribution in [2.75, 3.05) is 0 Å². The van der Waals surface area contributed by atoms with E-state index in [0.29, 0.717) is 6.42 Å². The third-order valence-corrected chi connectivity index (χ3v) is 6.86. The lowest BCUT2D eigenvalue weighted by Gasteiger charge is -2.38. The number of hydrogen-bond acceptors (Lipinski definition) is 0. The van der Waals surface area contributed by atoms with Gasteiger partial charge in [0.25, 0.3) is 0 Å². The minimum absolute atomic E-state index is 0.00363. The predicted molar refractivity (Wildman–Crippen MR) is 135 cm³/mol. The van der Waals surface area contributed by atoms with Gasteiger partial charge in [0.1, 0.15) is 0 Å². The molecule has 0 radical (unpaired) electrons. The van der Waals surface area contributed by atoms with Gasteiger partial charge in [-0.25, -0.2) is 0 Å². The van der Waals surface area contributed by atoms with Gasteiger partial charge in [-0.15, -0.1) is 0 Å². The first kappa shape index (κ1) is 27.5. The Labute approximate surface area is 200 Å². The van der Waals surface area contributed by atoms with Gasteiger partial charge in [-0.2, -0.15) is 13.2 Å². The van der Waals surface area contributed by atoms with Gasteiger partial charge < -0.3 is 0 Å². The van der Waals surface area contributed by atoms with E-state index in [0.717, 1.165) is 17.5 Å². The molecule has 0 aliphatic rings. The maximum atomic E-state index is 14.5. The largest absolute Gasteiger partial charge is 0.394 e. The van der Waals surface area contributed by atoms with Gasteiger partial charge in [-0.1, -0.05) is 111 Å². The van der Waals surface area contributed by atoms with Gasteiger partial charge in [0.05, 0.1) is 5.41 Å². The van der Waals surface area contributed by atoms with Crippen molar-refractivity contribution >= 4 is 0 Å². The molecule has 0 heterocycles. The van der Waals surface area contributed by atoms with Crippen LogP contribution in [0.15, 0.2) is 48.5 Å². The first-order valence-electron chi connectivity index (χ1n) is 12.1. The summed E-state index contributed by atoms with van der Waals surface area (Å²) in [6.45, 7) is 18.4. The quantitative estimate of drug-likeness (QED) is 0.386. The normalized spacial score (nSPS) is 15.4. The van der Waals surface area contributed by atoms with E-state index < -0.39 is 11.6 Å². The van der Waals surface area contributed by atoms with Crippen LogP contribution in [0.5, 0.6) is 0 Å². The lowest BCUT2D eigenvalue weighted by molar-refractivity contribution is -0.221. The van der Waals surface area contributed by atoms with E-state index in [1.807, 2.05) is 36.4 Å². The third kappa shape index (κ3) is 7.11. The molecule has 2 aromatic carbocycles. The number of alkyl halides is 3. The first-order valence-corrected chi connectivity index (χ1v) is 12.1. The van der Waals surface area contributed by atoms with Gasteiger partial charge in [-0.05, 0) is 64.2 Å². The van der Waals surface area contributed by atoms with Crippen molar-refractivity contribution in [1.82, 2.24) is 0 Å². The molecule has 33 heavy (non-hydrogen) atoms. The van der Waals surface area contributed by atoms with Crippen LogP contribution in [0.4, 0.5) is 13.2 Å². The van der Waals surface area contributed by atoms with Crippen molar-refractivity contribution < 1.29 is 13.2 Å². The molecular weight excluding hydrogens is 417 g/mol. The molecule has 0 aliphatic carbocycles. The Morgan fingerprint density at radius 3 is 1.48 bits per heavy atom. The minimum atomic E-state index is -4.28. The van der Waals surface area contributed by atoms with Crippen LogP contribution < -0.4 is 0 Å². The van der Waals surface area contributed by atoms with Crippen molar-refractivity contribution in [2.45, 2.75) is 105 Å². The van der Waals surface area contributed by atoms with Crippen LogP contribution in [0.1, 0.15) is 97.4 Å². The second-order valence-corrected chi connectivity index (χ2v) is 12.9. The number of benzene rings is 2. The molecule has 0 saturated heterocycles. The van der Waals surface area contributed by atoms with E-state index in [-0.39, 0.29) is 29.1 Å². The Bertz CT molecular complexity index is 923. The monoisotopic (exact) mass is 460 g/mol. The minimum Gasteiger partial charge on any atom is -0.171 e. The average Bonchev–Trinajstić information content (AvgIpc) is 2.64. The molecule has 1 atom stereocenters. The molecule has 1 unspecified atom stereocenters. The summed E-state index contributed by atoms with van der Waals surface area (Å²) in [5, 5.41) is 0. The van der Waals surface area contributed by atoms with E-state index in [9.17, 15) is 13.2 Å². The molecular formula is C30H43F3. The molecule has 3 heteroatoms. The SMILES string of the molecule is CC(C)(C)Cc1ccccc1C(C)(C)CCC(C)(Cc1ccccc1C(C)(C)C)C(F)(F)F. The third-order valence-electron chi connectivity index (χ3n) is 6.86. The van der Waals surface area contributed by atoms with Crippen LogP contribution in [0, 0.1) is 10.8 Å². The Morgan fingerprint density at radius 2 is 1.03 bits per heavy atom. The molecule has 0 fully saturated rings. The van der Waals surface area contributed by atoms with Crippen LogP contribution in [0.25, 0.3) is 0 Å². The van der Waals surface area contributed by atoms with Crippen LogP contribution in [0.2, 0.25) is 0 Å². The number of halogens is 3. The van der Waals surface area contributed by atoms with Crippen molar-refractivity contribution in [3.8, 4) is 0 Å². The van der Waals surface area contributed by atoms with E-state index in [1.165, 1.54) is 18.1 Å². The lowest BCUT2D eigenvalue weighted by atomic mass is 9.69. The molecule has 0 spiro atoms. The summed E-state index contributed by atoms with van der Waals surface area (Å²) in [6.07, 6.45) is -2.81. The van der Waals surface area contributed by atoms with Crippen molar-refractivity contribution in [2.24, 2.45) is 10.8 Å². The van der Waals surface area contributed by atoms with Crippen LogP contribution in [-0.2, 0) is 23.7 Å². The topological polar surface area (TPSA) is 0 Å². The van der Waals surface area contributed by atoms with E-state index in [1.54, 1.807) is 0 Å². The fourth-order valence-electron chi connectivity index (χ4n) is 4.79. The lowest BCUT2D eigenvalue weighted by Crippen LogP contribution is -2.39. The Balaban J connectivity index is 2.37. The second-order valence-electron chi connectivity index (χ2n) is 12.9. The summed E-state index contributed by atoms with van der Waals surface area (Å²) in [7, 11) is 0. The van der Waals surface area contributed by atoms with Gasteiger partial charge in [0, 0.05) is 0 Å². The van der Waals surface area contributed by atoms with E-state index in [4.69, 9.17) is 0 Å². The molecule has 0 saturated carbocycles. The van der Waals surface area contributed by atoms with Crippen molar-refractivity contribution in [3.05, 3.63) is 70.8 Å². The van der Waals surface area contributed by atoms with E-state index in [2.05, 4.69) is 67.5 Å². The highest BCUT2D eigenvalue weighted by Crippen LogP contribution is 2.48. The molecule has 0 bridgehead atoms. The summed E-state index contributed by atoms with van der Waals surface area (Å²) in [5.41, 5.74) is 1.98. The number of hydrogen-bond donors (Lipinski definition) is 0. The Kier molecular flexibility index (Phi) is 7.88. The summed E-state index contributed by atoms with van der Waals surface area (Å²) in [5.74, 6) is 0. The molecule has 184 valence electrons. The molecule has 0 amide bonds. The van der Waals surface area contributed by atoms with Crippen LogP contribution >= 0.6 is 0 Å². The maximum Gasteiger partial charge on any atom is 0.394 e. The summed E-state index contributed by atoms with van der Waals surface area (Å²) >= 11 is 0. The molecule has 0 aromatic heterocycles. The summed E-state index contributed by atoms with van der Waals surface area (Å²) < 4.78 is 43.5. The smallest absolute Gasteiger partial charge is 0.171 e. The molecule has 0 nitrogen and oxygen atoms in total. The Morgan fingerprint density at radius 1 is 0.576 bits per heavy atom. The zero-order chi connectivity index (χ0) is 25.3.